The molecule has 0 fully saturated rings. The van der Waals surface area contributed by atoms with Crippen LogP contribution in [0.5, 0.6) is 5.75 Å². The molecule has 0 aliphatic carbocycles. The van der Waals surface area contributed by atoms with Crippen LogP contribution in [0.1, 0.15) is 19.8 Å². The van der Waals surface area contributed by atoms with Crippen molar-refractivity contribution in [3.63, 3.8) is 0 Å². The molecule has 0 atom stereocenters. The molecule has 0 aliphatic rings. The Labute approximate surface area is 159 Å². The van der Waals surface area contributed by atoms with E-state index in [1.807, 2.05) is 18.2 Å². The van der Waals surface area contributed by atoms with E-state index < -0.39 is 11.9 Å². The molecular weight excluding hydrogens is 364 g/mol. The molecule has 1 aromatic heterocycles. The number of ether oxygens (including phenoxy) is 2. The highest BCUT2D eigenvalue weighted by molar-refractivity contribution is 7.24. The summed E-state index contributed by atoms with van der Waals surface area (Å²) in [6.07, 6.45) is 0.455. The Morgan fingerprint density at radius 1 is 1.07 bits per heavy atom. The summed E-state index contributed by atoms with van der Waals surface area (Å²) in [4.78, 5) is 35.9. The van der Waals surface area contributed by atoms with E-state index >= 15 is 0 Å². The lowest BCUT2D eigenvalue weighted by Gasteiger charge is -2.07. The summed E-state index contributed by atoms with van der Waals surface area (Å²) < 4.78 is 12.0. The molecular formula is C21H18O5S. The smallest absolute Gasteiger partial charge is 0.333 e. The van der Waals surface area contributed by atoms with E-state index in [0.29, 0.717) is 28.5 Å². The first kappa shape index (κ1) is 18.8. The second-order valence-corrected chi connectivity index (χ2v) is 7.16. The van der Waals surface area contributed by atoms with Gasteiger partial charge >= 0.3 is 11.9 Å². The number of hydrogen-bond donors (Lipinski definition) is 0. The van der Waals surface area contributed by atoms with Crippen LogP contribution in [0.3, 0.4) is 0 Å². The third kappa shape index (κ3) is 4.41. The highest BCUT2D eigenvalue weighted by atomic mass is 32.1. The van der Waals surface area contributed by atoms with Crippen LogP contribution < -0.4 is 10.2 Å². The lowest BCUT2D eigenvalue weighted by molar-refractivity contribution is -0.141. The van der Waals surface area contributed by atoms with Crippen molar-refractivity contribution in [2.75, 3.05) is 6.61 Å². The van der Waals surface area contributed by atoms with Crippen LogP contribution in [0.2, 0.25) is 0 Å². The van der Waals surface area contributed by atoms with Crippen molar-refractivity contribution in [3.05, 3.63) is 64.8 Å². The summed E-state index contributed by atoms with van der Waals surface area (Å²) in [5.74, 6) is -0.599. The van der Waals surface area contributed by atoms with Crippen LogP contribution in [-0.2, 0) is 14.3 Å². The van der Waals surface area contributed by atoms with Gasteiger partial charge in [0.25, 0.3) is 0 Å². The van der Waals surface area contributed by atoms with Crippen molar-refractivity contribution < 1.29 is 19.1 Å². The second-order valence-electron chi connectivity index (χ2n) is 6.08. The molecule has 6 heteroatoms. The SMILES string of the molecule is C=C(C)C(=O)OCCCC(=O)Oc1ccc2sc3ccccc3c(=O)c2c1. The van der Waals surface area contributed by atoms with Crippen LogP contribution in [-0.4, -0.2) is 18.5 Å². The Kier molecular flexibility index (Phi) is 5.66. The summed E-state index contributed by atoms with van der Waals surface area (Å²) in [5.41, 5.74) is 0.236. The van der Waals surface area contributed by atoms with Gasteiger partial charge < -0.3 is 9.47 Å². The Morgan fingerprint density at radius 3 is 2.59 bits per heavy atom. The van der Waals surface area contributed by atoms with Crippen molar-refractivity contribution in [1.29, 1.82) is 0 Å². The van der Waals surface area contributed by atoms with Crippen molar-refractivity contribution in [3.8, 4) is 5.75 Å². The standard InChI is InChI=1S/C21H18O5S/c1-13(2)21(24)25-11-5-8-19(22)26-14-9-10-18-16(12-14)20(23)15-6-3-4-7-17(15)27-18/h3-4,6-7,9-10,12H,1,5,8,11H2,2H3. The number of carbonyl (C=O) groups is 2. The van der Waals surface area contributed by atoms with Crippen molar-refractivity contribution in [2.24, 2.45) is 0 Å². The molecule has 0 aliphatic heterocycles. The van der Waals surface area contributed by atoms with Gasteiger partial charge in [0.05, 0.1) is 6.61 Å². The lowest BCUT2D eigenvalue weighted by Crippen LogP contribution is -2.11. The Balaban J connectivity index is 1.68. The number of rotatable bonds is 6. The van der Waals surface area contributed by atoms with Crippen molar-refractivity contribution >= 4 is 43.4 Å². The Bertz CT molecular complexity index is 1100. The van der Waals surface area contributed by atoms with Gasteiger partial charge in [-0.2, -0.15) is 0 Å². The minimum absolute atomic E-state index is 0.0797. The first-order valence-electron chi connectivity index (χ1n) is 8.44. The van der Waals surface area contributed by atoms with E-state index in [0.717, 1.165) is 9.40 Å². The van der Waals surface area contributed by atoms with Crippen molar-refractivity contribution in [2.45, 2.75) is 19.8 Å². The normalized spacial score (nSPS) is 10.7. The summed E-state index contributed by atoms with van der Waals surface area (Å²) in [6.45, 7) is 5.17. The molecule has 3 rings (SSSR count). The third-order valence-electron chi connectivity index (χ3n) is 3.89. The van der Waals surface area contributed by atoms with E-state index in [-0.39, 0.29) is 18.5 Å². The van der Waals surface area contributed by atoms with Gasteiger partial charge in [-0.3, -0.25) is 9.59 Å². The summed E-state index contributed by atoms with van der Waals surface area (Å²) >= 11 is 1.52. The number of carbonyl (C=O) groups excluding carboxylic acids is 2. The third-order valence-corrected chi connectivity index (χ3v) is 5.04. The van der Waals surface area contributed by atoms with E-state index in [4.69, 9.17) is 9.47 Å². The summed E-state index contributed by atoms with van der Waals surface area (Å²) in [6, 6.07) is 12.5. The van der Waals surface area contributed by atoms with Gasteiger partial charge in [-0.1, -0.05) is 18.7 Å². The van der Waals surface area contributed by atoms with Gasteiger partial charge in [-0.05, 0) is 43.7 Å². The van der Waals surface area contributed by atoms with E-state index in [1.165, 1.54) is 11.3 Å². The zero-order valence-electron chi connectivity index (χ0n) is 14.8. The van der Waals surface area contributed by atoms with Crippen LogP contribution in [0, 0.1) is 0 Å². The van der Waals surface area contributed by atoms with Crippen LogP contribution >= 0.6 is 11.3 Å². The van der Waals surface area contributed by atoms with Crippen LogP contribution in [0.4, 0.5) is 0 Å². The van der Waals surface area contributed by atoms with Crippen LogP contribution in [0.15, 0.2) is 59.4 Å². The lowest BCUT2D eigenvalue weighted by atomic mass is 10.2. The van der Waals surface area contributed by atoms with Gasteiger partial charge in [0, 0.05) is 32.2 Å². The first-order valence-corrected chi connectivity index (χ1v) is 9.26. The number of benzene rings is 2. The molecule has 0 amide bonds. The summed E-state index contributed by atoms with van der Waals surface area (Å²) in [5, 5.41) is 1.18. The molecule has 0 radical (unpaired) electrons. The molecule has 5 nitrogen and oxygen atoms in total. The van der Waals surface area contributed by atoms with E-state index in [2.05, 4.69) is 6.58 Å². The average molecular weight is 382 g/mol. The molecule has 138 valence electrons. The fourth-order valence-electron chi connectivity index (χ4n) is 2.53. The number of esters is 2. The number of fused-ring (bicyclic) bond motifs is 2. The number of hydrogen-bond acceptors (Lipinski definition) is 6. The first-order chi connectivity index (χ1) is 13.0. The molecule has 1 heterocycles. The van der Waals surface area contributed by atoms with Gasteiger partial charge in [0.1, 0.15) is 5.75 Å². The molecule has 3 aromatic rings. The summed E-state index contributed by atoms with van der Waals surface area (Å²) in [7, 11) is 0. The van der Waals surface area contributed by atoms with E-state index in [1.54, 1.807) is 31.2 Å². The van der Waals surface area contributed by atoms with Gasteiger partial charge in [0.15, 0.2) is 5.43 Å². The predicted octanol–water partition coefficient (Wildman–Crippen LogP) is 4.22. The molecule has 27 heavy (non-hydrogen) atoms. The molecule has 0 N–H and O–H groups in total. The molecule has 0 saturated heterocycles. The largest absolute Gasteiger partial charge is 0.462 e. The zero-order chi connectivity index (χ0) is 19.4. The Hall–Kier alpha value is -2.99. The van der Waals surface area contributed by atoms with E-state index in [9.17, 15) is 14.4 Å². The molecule has 0 saturated carbocycles. The minimum Gasteiger partial charge on any atom is -0.462 e. The van der Waals surface area contributed by atoms with Crippen molar-refractivity contribution in [1.82, 2.24) is 0 Å². The Morgan fingerprint density at radius 2 is 1.81 bits per heavy atom. The second kappa shape index (κ2) is 8.14. The highest BCUT2D eigenvalue weighted by Gasteiger charge is 2.10. The van der Waals surface area contributed by atoms with Crippen LogP contribution in [0.25, 0.3) is 20.2 Å². The average Bonchev–Trinajstić information content (AvgIpc) is 2.65. The topological polar surface area (TPSA) is 69.7 Å². The predicted molar refractivity (Wildman–Crippen MR) is 106 cm³/mol. The fraction of sp³-hybridized carbons (Fsp3) is 0.190. The maximum Gasteiger partial charge on any atom is 0.333 e. The molecule has 0 spiro atoms. The minimum atomic E-state index is -0.477. The fourth-order valence-corrected chi connectivity index (χ4v) is 3.58. The molecule has 0 bridgehead atoms. The molecule has 2 aromatic carbocycles. The van der Waals surface area contributed by atoms with Gasteiger partial charge in [-0.25, -0.2) is 4.79 Å². The van der Waals surface area contributed by atoms with Gasteiger partial charge in [-0.15, -0.1) is 11.3 Å². The monoisotopic (exact) mass is 382 g/mol. The maximum atomic E-state index is 12.7. The quantitative estimate of drug-likeness (QED) is 0.210. The maximum absolute atomic E-state index is 12.7. The molecule has 0 unspecified atom stereocenters. The highest BCUT2D eigenvalue weighted by Crippen LogP contribution is 2.27. The zero-order valence-corrected chi connectivity index (χ0v) is 15.6. The van der Waals surface area contributed by atoms with Gasteiger partial charge in [0.2, 0.25) is 0 Å².